The van der Waals surface area contributed by atoms with Crippen LogP contribution in [0.4, 0.5) is 5.69 Å². The summed E-state index contributed by atoms with van der Waals surface area (Å²) in [6, 6.07) is 7.19. The number of hydrogen-bond acceptors (Lipinski definition) is 2. The molecule has 0 spiro atoms. The number of halogens is 2. The molecule has 0 bridgehead atoms. The summed E-state index contributed by atoms with van der Waals surface area (Å²) < 4.78 is 2.90. The van der Waals surface area contributed by atoms with Gasteiger partial charge in [-0.05, 0) is 18.2 Å². The van der Waals surface area contributed by atoms with Crippen molar-refractivity contribution in [1.82, 2.24) is 0 Å². The van der Waals surface area contributed by atoms with Crippen molar-refractivity contribution in [2.45, 2.75) is 0 Å². The SMILES string of the molecule is N#Cc1ccc(NI)cc1Cl. The molecule has 0 amide bonds. The van der Waals surface area contributed by atoms with Gasteiger partial charge in [-0.15, -0.1) is 0 Å². The molecule has 0 radical (unpaired) electrons. The van der Waals surface area contributed by atoms with E-state index in [4.69, 9.17) is 16.9 Å². The average Bonchev–Trinajstić information content (AvgIpc) is 2.04. The van der Waals surface area contributed by atoms with Gasteiger partial charge in [0.1, 0.15) is 6.07 Å². The third-order valence-electron chi connectivity index (χ3n) is 1.20. The summed E-state index contributed by atoms with van der Waals surface area (Å²) >= 11 is 7.74. The summed E-state index contributed by atoms with van der Waals surface area (Å²) in [7, 11) is 0. The van der Waals surface area contributed by atoms with Crippen molar-refractivity contribution in [3.63, 3.8) is 0 Å². The minimum Gasteiger partial charge on any atom is -0.328 e. The highest BCUT2D eigenvalue weighted by Crippen LogP contribution is 2.20. The maximum Gasteiger partial charge on any atom is 0.101 e. The summed E-state index contributed by atoms with van der Waals surface area (Å²) in [6.07, 6.45) is 0. The van der Waals surface area contributed by atoms with Crippen LogP contribution in [0.15, 0.2) is 18.2 Å². The molecule has 0 atom stereocenters. The normalized spacial score (nSPS) is 8.82. The molecule has 0 fully saturated rings. The molecule has 0 aliphatic heterocycles. The number of anilines is 1. The zero-order chi connectivity index (χ0) is 8.27. The first-order valence-corrected chi connectivity index (χ1v) is 4.30. The Morgan fingerprint density at radius 2 is 2.27 bits per heavy atom. The predicted molar refractivity (Wildman–Crippen MR) is 53.8 cm³/mol. The Hall–Kier alpha value is -0.470. The maximum atomic E-state index is 8.53. The van der Waals surface area contributed by atoms with Crippen LogP contribution in [0.1, 0.15) is 5.56 Å². The molecule has 1 N–H and O–H groups in total. The van der Waals surface area contributed by atoms with E-state index in [1.807, 2.05) is 28.9 Å². The zero-order valence-electron chi connectivity index (χ0n) is 5.44. The van der Waals surface area contributed by atoms with Gasteiger partial charge in [-0.3, -0.25) is 0 Å². The zero-order valence-corrected chi connectivity index (χ0v) is 8.35. The molecule has 0 aliphatic carbocycles. The molecular weight excluding hydrogens is 274 g/mol. The second-order valence-corrected chi connectivity index (χ2v) is 2.85. The van der Waals surface area contributed by atoms with Gasteiger partial charge in [0.25, 0.3) is 0 Å². The highest BCUT2D eigenvalue weighted by Gasteiger charge is 1.98. The van der Waals surface area contributed by atoms with Crippen LogP contribution in [-0.2, 0) is 0 Å². The summed E-state index contributed by atoms with van der Waals surface area (Å²) in [5, 5.41) is 9.01. The molecule has 0 unspecified atom stereocenters. The lowest BCUT2D eigenvalue weighted by molar-refractivity contribution is 1.49. The highest BCUT2D eigenvalue weighted by molar-refractivity contribution is 14.1. The highest BCUT2D eigenvalue weighted by atomic mass is 127. The van der Waals surface area contributed by atoms with Crippen molar-refractivity contribution < 1.29 is 0 Å². The molecule has 0 heterocycles. The molecule has 0 aliphatic rings. The van der Waals surface area contributed by atoms with E-state index in [1.165, 1.54) is 0 Å². The molecule has 0 saturated heterocycles. The first-order chi connectivity index (χ1) is 5.27. The Morgan fingerprint density at radius 1 is 1.55 bits per heavy atom. The van der Waals surface area contributed by atoms with Gasteiger partial charge in [-0.2, -0.15) is 5.26 Å². The van der Waals surface area contributed by atoms with Gasteiger partial charge in [0.2, 0.25) is 0 Å². The number of nitrogens with zero attached hydrogens (tertiary/aromatic N) is 1. The van der Waals surface area contributed by atoms with Crippen molar-refractivity contribution in [1.29, 1.82) is 5.26 Å². The van der Waals surface area contributed by atoms with Gasteiger partial charge in [0.05, 0.1) is 33.5 Å². The summed E-state index contributed by atoms with van der Waals surface area (Å²) in [6.45, 7) is 0. The third kappa shape index (κ3) is 1.98. The lowest BCUT2D eigenvalue weighted by Crippen LogP contribution is -1.81. The van der Waals surface area contributed by atoms with Gasteiger partial charge >= 0.3 is 0 Å². The molecule has 0 saturated carbocycles. The minimum atomic E-state index is 0.481. The summed E-state index contributed by atoms with van der Waals surface area (Å²) in [5.41, 5.74) is 1.40. The molecule has 0 aromatic heterocycles. The van der Waals surface area contributed by atoms with Crippen molar-refractivity contribution in [3.05, 3.63) is 28.8 Å². The third-order valence-corrected chi connectivity index (χ3v) is 2.13. The van der Waals surface area contributed by atoms with Crippen molar-refractivity contribution in [2.24, 2.45) is 0 Å². The number of benzene rings is 1. The predicted octanol–water partition coefficient (Wildman–Crippen LogP) is 2.97. The maximum absolute atomic E-state index is 8.53. The van der Waals surface area contributed by atoms with Crippen LogP contribution in [0.3, 0.4) is 0 Å². The van der Waals surface area contributed by atoms with E-state index < -0.39 is 0 Å². The standard InChI is InChI=1S/C7H4ClIN2/c8-7-3-6(11-9)2-1-5(7)4-10/h1-3,11H. The van der Waals surface area contributed by atoms with E-state index in [2.05, 4.69) is 3.53 Å². The fourth-order valence-electron chi connectivity index (χ4n) is 0.665. The van der Waals surface area contributed by atoms with Crippen molar-refractivity contribution in [3.8, 4) is 6.07 Å². The van der Waals surface area contributed by atoms with Gasteiger partial charge < -0.3 is 3.53 Å². The lowest BCUT2D eigenvalue weighted by Gasteiger charge is -1.98. The Bertz CT molecular complexity index is 306. The van der Waals surface area contributed by atoms with Gasteiger partial charge in [0, 0.05) is 5.69 Å². The van der Waals surface area contributed by atoms with E-state index in [1.54, 1.807) is 18.2 Å². The van der Waals surface area contributed by atoms with Gasteiger partial charge in [-0.1, -0.05) is 11.6 Å². The van der Waals surface area contributed by atoms with Crippen LogP contribution >= 0.6 is 34.5 Å². The smallest absolute Gasteiger partial charge is 0.101 e. The molecule has 4 heteroatoms. The molecule has 56 valence electrons. The minimum absolute atomic E-state index is 0.481. The topological polar surface area (TPSA) is 35.8 Å². The lowest BCUT2D eigenvalue weighted by atomic mass is 10.2. The number of hydrogen-bond donors (Lipinski definition) is 1. The van der Waals surface area contributed by atoms with Crippen LogP contribution in [0.2, 0.25) is 5.02 Å². The average molecular weight is 278 g/mol. The van der Waals surface area contributed by atoms with Gasteiger partial charge in [-0.25, -0.2) is 0 Å². The first-order valence-electron chi connectivity index (χ1n) is 2.84. The van der Waals surface area contributed by atoms with Crippen molar-refractivity contribution in [2.75, 3.05) is 3.53 Å². The van der Waals surface area contributed by atoms with E-state index in [-0.39, 0.29) is 0 Å². The Balaban J connectivity index is 3.12. The molecule has 11 heavy (non-hydrogen) atoms. The fraction of sp³-hybridized carbons (Fsp3) is 0. The summed E-state index contributed by atoms with van der Waals surface area (Å²) in [5.74, 6) is 0. The molecule has 1 aromatic carbocycles. The van der Waals surface area contributed by atoms with E-state index >= 15 is 0 Å². The monoisotopic (exact) mass is 278 g/mol. The fourth-order valence-corrected chi connectivity index (χ4v) is 1.22. The molecule has 1 rings (SSSR count). The number of rotatable bonds is 1. The quantitative estimate of drug-likeness (QED) is 0.633. The van der Waals surface area contributed by atoms with Crippen LogP contribution in [0.5, 0.6) is 0 Å². The largest absolute Gasteiger partial charge is 0.328 e. The first kappa shape index (κ1) is 8.62. The number of nitriles is 1. The van der Waals surface area contributed by atoms with Crippen molar-refractivity contribution >= 4 is 40.2 Å². The Labute approximate surface area is 83.7 Å². The second-order valence-electron chi connectivity index (χ2n) is 1.90. The van der Waals surface area contributed by atoms with E-state index in [9.17, 15) is 0 Å². The second kappa shape index (κ2) is 3.79. The Kier molecular flexibility index (Phi) is 2.97. The van der Waals surface area contributed by atoms with Crippen LogP contribution in [0.25, 0.3) is 0 Å². The number of nitrogens with one attached hydrogen (secondary N) is 1. The summed E-state index contributed by atoms with van der Waals surface area (Å²) in [4.78, 5) is 0. The van der Waals surface area contributed by atoms with Crippen LogP contribution in [0, 0.1) is 11.3 Å². The molecule has 2 nitrogen and oxygen atoms in total. The molecular formula is C7H4ClIN2. The van der Waals surface area contributed by atoms with E-state index in [0.717, 1.165) is 5.69 Å². The van der Waals surface area contributed by atoms with Crippen LogP contribution < -0.4 is 3.53 Å². The van der Waals surface area contributed by atoms with Gasteiger partial charge in [0.15, 0.2) is 0 Å². The molecule has 1 aromatic rings. The Morgan fingerprint density at radius 3 is 2.73 bits per heavy atom. The van der Waals surface area contributed by atoms with Crippen LogP contribution in [-0.4, -0.2) is 0 Å². The van der Waals surface area contributed by atoms with E-state index in [0.29, 0.717) is 10.6 Å².